The van der Waals surface area contributed by atoms with Crippen LogP contribution in [0.3, 0.4) is 0 Å². The van der Waals surface area contributed by atoms with Gasteiger partial charge in [0.05, 0.1) is 41.7 Å². The summed E-state index contributed by atoms with van der Waals surface area (Å²) in [6.45, 7) is 0. The molecule has 1 heterocycles. The molecule has 160 valence electrons. The van der Waals surface area contributed by atoms with Crippen molar-refractivity contribution >= 4 is 39.7 Å². The summed E-state index contributed by atoms with van der Waals surface area (Å²) in [4.78, 5) is 37.5. The molecule has 4 rings (SSSR count). The van der Waals surface area contributed by atoms with E-state index in [1.165, 1.54) is 32.4 Å². The fraction of sp³-hybridized carbons (Fsp3) is 0.120. The second kappa shape index (κ2) is 8.47. The second-order valence-corrected chi connectivity index (χ2v) is 7.05. The van der Waals surface area contributed by atoms with Gasteiger partial charge in [0, 0.05) is 12.1 Å². The standard InChI is InChI=1S/C25H20NO6/c1-26-20-10-6-4-8-17(20)22(18-9-5-7-11-21(18)26)25(29)32-15-12-13-16(23(27)30-2)19(14-15)24(28)31-3/h4-14H,1-3H3/q+1. The summed E-state index contributed by atoms with van der Waals surface area (Å²) >= 11 is 0. The number of fused-ring (bicyclic) bond motifs is 2. The van der Waals surface area contributed by atoms with Crippen molar-refractivity contribution in [2.24, 2.45) is 7.05 Å². The van der Waals surface area contributed by atoms with Crippen molar-refractivity contribution < 1.29 is 33.2 Å². The van der Waals surface area contributed by atoms with Crippen molar-refractivity contribution in [1.82, 2.24) is 0 Å². The number of nitrogens with zero attached hydrogens (tertiary/aromatic N) is 1. The quantitative estimate of drug-likeness (QED) is 0.213. The lowest BCUT2D eigenvalue weighted by Gasteiger charge is -2.12. The molecule has 32 heavy (non-hydrogen) atoms. The Morgan fingerprint density at radius 3 is 1.78 bits per heavy atom. The molecular formula is C25H20NO6+. The number of hydrogen-bond donors (Lipinski definition) is 0. The number of pyridine rings is 1. The van der Waals surface area contributed by atoms with Crippen molar-refractivity contribution in [1.29, 1.82) is 0 Å². The minimum absolute atomic E-state index is 0.0155. The molecule has 0 fully saturated rings. The van der Waals surface area contributed by atoms with Crippen LogP contribution in [0.25, 0.3) is 21.8 Å². The predicted octanol–water partition coefficient (Wildman–Crippen LogP) is 3.61. The molecule has 3 aromatic carbocycles. The van der Waals surface area contributed by atoms with Crippen LogP contribution >= 0.6 is 0 Å². The van der Waals surface area contributed by atoms with E-state index in [0.29, 0.717) is 5.56 Å². The van der Waals surface area contributed by atoms with Crippen LogP contribution in [0.4, 0.5) is 0 Å². The molecule has 0 saturated heterocycles. The molecule has 0 unspecified atom stereocenters. The third-order valence-corrected chi connectivity index (χ3v) is 5.29. The van der Waals surface area contributed by atoms with Gasteiger partial charge < -0.3 is 14.2 Å². The van der Waals surface area contributed by atoms with Crippen molar-refractivity contribution in [2.75, 3.05) is 14.2 Å². The third kappa shape index (κ3) is 3.54. The number of para-hydroxylation sites is 2. The molecule has 0 N–H and O–H groups in total. The van der Waals surface area contributed by atoms with E-state index in [1.54, 1.807) is 0 Å². The molecule has 1 aromatic heterocycles. The maximum atomic E-state index is 13.3. The number of esters is 3. The molecule has 0 amide bonds. The fourth-order valence-electron chi connectivity index (χ4n) is 3.76. The van der Waals surface area contributed by atoms with Crippen LogP contribution in [0.2, 0.25) is 0 Å². The molecule has 4 aromatic rings. The number of methoxy groups -OCH3 is 2. The van der Waals surface area contributed by atoms with E-state index < -0.39 is 17.9 Å². The molecule has 0 aliphatic rings. The molecule has 0 spiro atoms. The van der Waals surface area contributed by atoms with E-state index in [-0.39, 0.29) is 16.9 Å². The number of ether oxygens (including phenoxy) is 3. The van der Waals surface area contributed by atoms with Crippen molar-refractivity contribution in [3.8, 4) is 5.75 Å². The number of carbonyl (C=O) groups excluding carboxylic acids is 3. The highest BCUT2D eigenvalue weighted by Crippen LogP contribution is 2.27. The number of aromatic nitrogens is 1. The van der Waals surface area contributed by atoms with Crippen LogP contribution in [0, 0.1) is 0 Å². The predicted molar refractivity (Wildman–Crippen MR) is 117 cm³/mol. The van der Waals surface area contributed by atoms with Crippen molar-refractivity contribution in [3.63, 3.8) is 0 Å². The van der Waals surface area contributed by atoms with Crippen LogP contribution < -0.4 is 9.30 Å². The van der Waals surface area contributed by atoms with Gasteiger partial charge >= 0.3 is 17.9 Å². The van der Waals surface area contributed by atoms with Crippen LogP contribution in [-0.2, 0) is 16.5 Å². The SMILES string of the molecule is COC(=O)c1ccc(OC(=O)c2c3ccccc3[n+](C)c3ccccc23)cc1C(=O)OC. The van der Waals surface area contributed by atoms with Gasteiger partial charge in [-0.2, -0.15) is 4.57 Å². The van der Waals surface area contributed by atoms with Gasteiger partial charge in [-0.15, -0.1) is 0 Å². The molecule has 7 nitrogen and oxygen atoms in total. The maximum Gasteiger partial charge on any atom is 0.345 e. The van der Waals surface area contributed by atoms with Crippen LogP contribution in [0.5, 0.6) is 5.75 Å². The lowest BCUT2D eigenvalue weighted by atomic mass is 10.0. The van der Waals surface area contributed by atoms with Gasteiger partial charge in [0.2, 0.25) is 11.0 Å². The van der Waals surface area contributed by atoms with Crippen LogP contribution in [-0.4, -0.2) is 32.1 Å². The van der Waals surface area contributed by atoms with E-state index in [1.807, 2.05) is 60.1 Å². The van der Waals surface area contributed by atoms with Crippen molar-refractivity contribution in [2.45, 2.75) is 0 Å². The van der Waals surface area contributed by atoms with Crippen molar-refractivity contribution in [3.05, 3.63) is 83.4 Å². The zero-order chi connectivity index (χ0) is 22.8. The van der Waals surface area contributed by atoms with E-state index in [0.717, 1.165) is 21.8 Å². The zero-order valence-corrected chi connectivity index (χ0v) is 17.7. The third-order valence-electron chi connectivity index (χ3n) is 5.29. The Labute approximate surface area is 183 Å². The molecule has 0 aliphatic carbocycles. The monoisotopic (exact) mass is 430 g/mol. The Balaban J connectivity index is 1.84. The van der Waals surface area contributed by atoms with E-state index in [2.05, 4.69) is 0 Å². The Bertz CT molecular complexity index is 1340. The maximum absolute atomic E-state index is 13.3. The first-order chi connectivity index (χ1) is 15.5. The highest BCUT2D eigenvalue weighted by atomic mass is 16.5. The Kier molecular flexibility index (Phi) is 5.55. The first kappa shape index (κ1) is 21.0. The highest BCUT2D eigenvalue weighted by Gasteiger charge is 2.25. The number of aryl methyl sites for hydroxylation is 1. The lowest BCUT2D eigenvalue weighted by molar-refractivity contribution is -0.617. The van der Waals surface area contributed by atoms with Crippen LogP contribution in [0.1, 0.15) is 31.1 Å². The molecule has 0 radical (unpaired) electrons. The largest absolute Gasteiger partial charge is 0.465 e. The minimum atomic E-state index is -0.745. The summed E-state index contributed by atoms with van der Waals surface area (Å²) in [5.74, 6) is -1.93. The first-order valence-electron chi connectivity index (χ1n) is 9.78. The summed E-state index contributed by atoms with van der Waals surface area (Å²) < 4.78 is 17.1. The van der Waals surface area contributed by atoms with E-state index in [4.69, 9.17) is 14.2 Å². The molecule has 0 aliphatic heterocycles. The van der Waals surface area contributed by atoms with Gasteiger partial charge in [-0.25, -0.2) is 14.4 Å². The highest BCUT2D eigenvalue weighted by molar-refractivity contribution is 6.13. The number of benzene rings is 3. The minimum Gasteiger partial charge on any atom is -0.465 e. The van der Waals surface area contributed by atoms with Gasteiger partial charge in [0.1, 0.15) is 12.8 Å². The average molecular weight is 430 g/mol. The normalized spacial score (nSPS) is 10.7. The molecule has 7 heteroatoms. The van der Waals surface area contributed by atoms with Gasteiger partial charge in [-0.05, 0) is 30.3 Å². The smallest absolute Gasteiger partial charge is 0.345 e. The van der Waals surface area contributed by atoms with Gasteiger partial charge in [0.25, 0.3) is 0 Å². The zero-order valence-electron chi connectivity index (χ0n) is 17.7. The molecule has 0 atom stereocenters. The summed E-state index contributed by atoms with van der Waals surface area (Å²) in [5.41, 5.74) is 2.11. The number of rotatable bonds is 4. The Morgan fingerprint density at radius 2 is 1.22 bits per heavy atom. The van der Waals surface area contributed by atoms with Gasteiger partial charge in [-0.1, -0.05) is 24.3 Å². The number of hydrogen-bond acceptors (Lipinski definition) is 6. The average Bonchev–Trinajstić information content (AvgIpc) is 2.83. The summed E-state index contributed by atoms with van der Waals surface area (Å²) in [5, 5.41) is 1.47. The molecular weight excluding hydrogens is 410 g/mol. The summed E-state index contributed by atoms with van der Waals surface area (Å²) in [6.07, 6.45) is 0. The molecule has 0 saturated carbocycles. The Morgan fingerprint density at radius 1 is 0.688 bits per heavy atom. The second-order valence-electron chi connectivity index (χ2n) is 7.05. The summed E-state index contributed by atoms with van der Waals surface area (Å²) in [7, 11) is 4.35. The van der Waals surface area contributed by atoms with Gasteiger partial charge in [-0.3, -0.25) is 0 Å². The van der Waals surface area contributed by atoms with Gasteiger partial charge in [0.15, 0.2) is 0 Å². The molecule has 0 bridgehead atoms. The topological polar surface area (TPSA) is 82.8 Å². The number of carbonyl (C=O) groups is 3. The van der Waals surface area contributed by atoms with E-state index in [9.17, 15) is 14.4 Å². The van der Waals surface area contributed by atoms with Crippen LogP contribution in [0.15, 0.2) is 66.7 Å². The first-order valence-corrected chi connectivity index (χ1v) is 9.78. The Hall–Kier alpha value is -4.26. The fourth-order valence-corrected chi connectivity index (χ4v) is 3.76. The van der Waals surface area contributed by atoms with E-state index >= 15 is 0 Å². The lowest BCUT2D eigenvalue weighted by Crippen LogP contribution is -2.31. The summed E-state index contributed by atoms with van der Waals surface area (Å²) in [6, 6.07) is 19.2.